The Hall–Kier alpha value is -1.77. The molecule has 1 saturated carbocycles. The molecule has 134 valence electrons. The van der Waals surface area contributed by atoms with E-state index in [2.05, 4.69) is 22.5 Å². The first-order valence-electron chi connectivity index (χ1n) is 8.06. The third kappa shape index (κ3) is 2.88. The van der Waals surface area contributed by atoms with Gasteiger partial charge in [-0.05, 0) is 18.3 Å². The minimum atomic E-state index is -0.313. The first kappa shape index (κ1) is 18.0. The number of nitrogens with one attached hydrogen (secondary N) is 1. The van der Waals surface area contributed by atoms with E-state index in [0.717, 1.165) is 6.42 Å². The molecular formula is C16H19ClN4O3S. The first-order valence-corrected chi connectivity index (χ1v) is 8.94. The summed E-state index contributed by atoms with van der Waals surface area (Å²) in [6, 6.07) is 0. The van der Waals surface area contributed by atoms with Gasteiger partial charge in [-0.15, -0.1) is 23.7 Å². The number of nitrogens with zero attached hydrogens (tertiary/aromatic N) is 2. The van der Waals surface area contributed by atoms with Crippen molar-refractivity contribution < 1.29 is 14.4 Å². The van der Waals surface area contributed by atoms with Crippen molar-refractivity contribution in [2.45, 2.75) is 13.0 Å². The molecule has 25 heavy (non-hydrogen) atoms. The van der Waals surface area contributed by atoms with Crippen LogP contribution in [0, 0.1) is 23.7 Å². The van der Waals surface area contributed by atoms with Crippen molar-refractivity contribution in [1.82, 2.24) is 15.2 Å². The second-order valence-corrected chi connectivity index (χ2v) is 7.36. The molecule has 3 amide bonds. The number of allylic oxidation sites excluding steroid dienone is 2. The minimum absolute atomic E-state index is 0. The number of nitrogens with two attached hydrogens (primary N) is 1. The lowest BCUT2D eigenvalue weighted by Gasteiger charge is -2.17. The normalized spacial score (nSPS) is 29.1. The Kier molecular flexibility index (Phi) is 4.95. The van der Waals surface area contributed by atoms with Crippen LogP contribution >= 0.6 is 23.7 Å². The van der Waals surface area contributed by atoms with Crippen molar-refractivity contribution in [3.05, 3.63) is 28.2 Å². The van der Waals surface area contributed by atoms with E-state index in [-0.39, 0.29) is 66.9 Å². The van der Waals surface area contributed by atoms with Crippen LogP contribution < -0.4 is 11.1 Å². The van der Waals surface area contributed by atoms with Gasteiger partial charge in [0, 0.05) is 25.0 Å². The van der Waals surface area contributed by atoms with Gasteiger partial charge >= 0.3 is 0 Å². The zero-order valence-electron chi connectivity index (χ0n) is 13.4. The minimum Gasteiger partial charge on any atom is -0.349 e. The maximum atomic E-state index is 12.5. The summed E-state index contributed by atoms with van der Waals surface area (Å²) in [7, 11) is 0. The zero-order valence-corrected chi connectivity index (χ0v) is 15.0. The summed E-state index contributed by atoms with van der Waals surface area (Å²) in [5.74, 6) is -0.443. The van der Waals surface area contributed by atoms with Crippen LogP contribution in [0.4, 0.5) is 0 Å². The van der Waals surface area contributed by atoms with Gasteiger partial charge < -0.3 is 11.1 Å². The van der Waals surface area contributed by atoms with Crippen molar-refractivity contribution in [2.75, 3.05) is 13.1 Å². The molecule has 0 spiro atoms. The fourth-order valence-electron chi connectivity index (χ4n) is 4.07. The molecule has 0 aromatic carbocycles. The molecule has 1 aromatic heterocycles. The van der Waals surface area contributed by atoms with Gasteiger partial charge in [-0.1, -0.05) is 12.2 Å². The number of hydrogen-bond donors (Lipinski definition) is 2. The molecule has 9 heteroatoms. The highest BCUT2D eigenvalue weighted by atomic mass is 35.5. The molecule has 4 atom stereocenters. The number of likely N-dealkylation sites (tertiary alicyclic amines) is 1. The van der Waals surface area contributed by atoms with Gasteiger partial charge in [-0.25, -0.2) is 4.98 Å². The molecule has 2 fully saturated rings. The number of aromatic nitrogens is 1. The van der Waals surface area contributed by atoms with Crippen LogP contribution in [0.25, 0.3) is 0 Å². The Balaban J connectivity index is 0.00000182. The SMILES string of the molecule is Cl.NCc1nc(C(=O)NCCN2C(=O)C3C4C=CC(C4)C3C2=O)cs1. The van der Waals surface area contributed by atoms with Gasteiger partial charge in [0.2, 0.25) is 11.8 Å². The number of carbonyl (C=O) groups excluding carboxylic acids is 3. The highest BCUT2D eigenvalue weighted by Crippen LogP contribution is 2.52. The second kappa shape index (κ2) is 6.86. The van der Waals surface area contributed by atoms with Gasteiger partial charge in [-0.2, -0.15) is 0 Å². The predicted octanol–water partition coefficient (Wildman–Crippen LogP) is 0.560. The lowest BCUT2D eigenvalue weighted by molar-refractivity contribution is -0.140. The van der Waals surface area contributed by atoms with Gasteiger partial charge in [0.1, 0.15) is 10.7 Å². The zero-order chi connectivity index (χ0) is 16.8. The van der Waals surface area contributed by atoms with Crippen LogP contribution in [0.1, 0.15) is 21.9 Å². The molecule has 3 aliphatic rings. The van der Waals surface area contributed by atoms with Gasteiger partial charge in [0.05, 0.1) is 11.8 Å². The van der Waals surface area contributed by atoms with Crippen LogP contribution in [0.2, 0.25) is 0 Å². The summed E-state index contributed by atoms with van der Waals surface area (Å²) >= 11 is 1.33. The number of halogens is 1. The quantitative estimate of drug-likeness (QED) is 0.571. The summed E-state index contributed by atoms with van der Waals surface area (Å²) in [5.41, 5.74) is 5.80. The van der Waals surface area contributed by atoms with E-state index in [9.17, 15) is 14.4 Å². The molecule has 1 aromatic rings. The molecule has 4 rings (SSSR count). The van der Waals surface area contributed by atoms with E-state index in [4.69, 9.17) is 5.73 Å². The fourth-order valence-corrected chi connectivity index (χ4v) is 4.72. The molecule has 7 nitrogen and oxygen atoms in total. The topological polar surface area (TPSA) is 105 Å². The van der Waals surface area contributed by atoms with E-state index < -0.39 is 0 Å². The van der Waals surface area contributed by atoms with E-state index in [0.29, 0.717) is 17.2 Å². The molecule has 1 saturated heterocycles. The Morgan fingerprint density at radius 3 is 2.48 bits per heavy atom. The van der Waals surface area contributed by atoms with Crippen molar-refractivity contribution >= 4 is 41.5 Å². The number of fused-ring (bicyclic) bond motifs is 5. The Labute approximate surface area is 155 Å². The van der Waals surface area contributed by atoms with Crippen LogP contribution in [-0.2, 0) is 16.1 Å². The summed E-state index contributed by atoms with van der Waals surface area (Å²) in [6.45, 7) is 0.742. The number of hydrogen-bond acceptors (Lipinski definition) is 6. The van der Waals surface area contributed by atoms with Gasteiger partial charge in [-0.3, -0.25) is 19.3 Å². The van der Waals surface area contributed by atoms with Crippen molar-refractivity contribution in [2.24, 2.45) is 29.4 Å². The Morgan fingerprint density at radius 1 is 1.28 bits per heavy atom. The maximum absolute atomic E-state index is 12.5. The molecule has 2 heterocycles. The number of carbonyl (C=O) groups is 3. The molecule has 0 radical (unpaired) electrons. The predicted molar refractivity (Wildman–Crippen MR) is 94.0 cm³/mol. The van der Waals surface area contributed by atoms with Gasteiger partial charge in [0.15, 0.2) is 0 Å². The highest BCUT2D eigenvalue weighted by molar-refractivity contribution is 7.09. The van der Waals surface area contributed by atoms with E-state index in [1.54, 1.807) is 5.38 Å². The fraction of sp³-hybridized carbons (Fsp3) is 0.500. The number of imide groups is 1. The lowest BCUT2D eigenvalue weighted by Crippen LogP contribution is -2.39. The lowest BCUT2D eigenvalue weighted by atomic mass is 9.85. The van der Waals surface area contributed by atoms with Gasteiger partial charge in [0.25, 0.3) is 5.91 Å². The van der Waals surface area contributed by atoms with Crippen molar-refractivity contribution in [3.63, 3.8) is 0 Å². The molecule has 4 unspecified atom stereocenters. The molecule has 1 aliphatic heterocycles. The molecule has 3 N–H and O–H groups in total. The Morgan fingerprint density at radius 2 is 1.92 bits per heavy atom. The monoisotopic (exact) mass is 382 g/mol. The molecular weight excluding hydrogens is 364 g/mol. The summed E-state index contributed by atoms with van der Waals surface area (Å²) in [6.07, 6.45) is 5.06. The third-order valence-electron chi connectivity index (χ3n) is 5.14. The largest absolute Gasteiger partial charge is 0.349 e. The van der Waals surface area contributed by atoms with Crippen LogP contribution in [0.3, 0.4) is 0 Å². The van der Waals surface area contributed by atoms with Crippen LogP contribution in [-0.4, -0.2) is 40.7 Å². The van der Waals surface area contributed by atoms with Crippen molar-refractivity contribution in [1.29, 1.82) is 0 Å². The smallest absolute Gasteiger partial charge is 0.270 e. The first-order chi connectivity index (χ1) is 11.6. The summed E-state index contributed by atoms with van der Waals surface area (Å²) in [5, 5.41) is 5.06. The number of rotatable bonds is 5. The summed E-state index contributed by atoms with van der Waals surface area (Å²) in [4.78, 5) is 42.5. The van der Waals surface area contributed by atoms with Crippen LogP contribution in [0.5, 0.6) is 0 Å². The van der Waals surface area contributed by atoms with Crippen molar-refractivity contribution in [3.8, 4) is 0 Å². The third-order valence-corrected chi connectivity index (χ3v) is 6.01. The van der Waals surface area contributed by atoms with E-state index in [1.807, 2.05) is 0 Å². The van der Waals surface area contributed by atoms with E-state index in [1.165, 1.54) is 16.2 Å². The Bertz CT molecular complexity index is 719. The second-order valence-electron chi connectivity index (χ2n) is 6.41. The average Bonchev–Trinajstić information content (AvgIpc) is 3.34. The summed E-state index contributed by atoms with van der Waals surface area (Å²) < 4.78 is 0. The molecule has 2 aliphatic carbocycles. The highest BCUT2D eigenvalue weighted by Gasteiger charge is 2.58. The average molecular weight is 383 g/mol. The molecule has 2 bridgehead atoms. The standard InChI is InChI=1S/C16H18N4O3S.ClH/c17-6-11-19-10(7-24-11)14(21)18-3-4-20-15(22)12-8-1-2-9(5-8)13(12)16(20)23;/h1-2,7-9,12-13H,3-6,17H2,(H,18,21);1H. The van der Waals surface area contributed by atoms with E-state index >= 15 is 0 Å². The number of amides is 3. The maximum Gasteiger partial charge on any atom is 0.270 e. The number of thiazole rings is 1. The van der Waals surface area contributed by atoms with Crippen LogP contribution in [0.15, 0.2) is 17.5 Å².